The van der Waals surface area contributed by atoms with Crippen molar-refractivity contribution in [2.75, 3.05) is 77.7 Å². The number of methoxy groups -OCH3 is 1. The number of pyridine rings is 1. The zero-order valence-electron chi connectivity index (χ0n) is 45.1. The molecule has 2 N–H and O–H groups in total. The Labute approximate surface area is 450 Å². The van der Waals surface area contributed by atoms with E-state index in [0.717, 1.165) is 120 Å². The molecule has 4 aromatic rings. The molecule has 0 spiro atoms. The number of carbonyl (C=O) groups is 3. The highest BCUT2D eigenvalue weighted by Crippen LogP contribution is 2.53. The molecular weight excluding hydrogens is 983 g/mol. The fraction of sp³-hybridized carbons (Fsp3) is 0.672. The lowest BCUT2D eigenvalue weighted by Crippen LogP contribution is -2.64. The van der Waals surface area contributed by atoms with Crippen molar-refractivity contribution in [3.63, 3.8) is 0 Å². The van der Waals surface area contributed by atoms with Crippen molar-refractivity contribution in [2.45, 2.75) is 159 Å². The van der Waals surface area contributed by atoms with Crippen molar-refractivity contribution in [1.82, 2.24) is 40.1 Å². The summed E-state index contributed by atoms with van der Waals surface area (Å²) >= 11 is 1.55. The van der Waals surface area contributed by atoms with Gasteiger partial charge in [-0.05, 0) is 120 Å². The number of esters is 1. The van der Waals surface area contributed by atoms with Crippen LogP contribution in [0.2, 0.25) is 0 Å². The van der Waals surface area contributed by atoms with Gasteiger partial charge in [-0.1, -0.05) is 19.9 Å². The summed E-state index contributed by atoms with van der Waals surface area (Å²) in [6, 6.07) is 7.80. The van der Waals surface area contributed by atoms with Crippen molar-refractivity contribution < 1.29 is 38.1 Å². The number of aromatic nitrogens is 3. The van der Waals surface area contributed by atoms with Crippen LogP contribution in [0, 0.1) is 17.3 Å². The second-order valence-corrected chi connectivity index (χ2v) is 25.4. The standard InChI is InChI=1S/C58H77N9O8S/c1-34-38-27-58(28-38,75-34)56(70)61-50-52(66-31-36-23-40(66)24-36)53-60-47(32-76-53)37-8-11-48-43(25-37)45(29-57(3,4)33-74-55(69)46-7-6-14-67(62-46)54(50)68)51(65(48)19-22-73-42-12-20-72-21-13-42)44-26-41(30-59-49(44)35(2)71-5)64-17-15-63(16-18-64)39-9-10-39/h8,11,25-26,30,32,34-36,38-40,42,46,50,52,62H,6-7,9-10,12-24,27-29,31,33H2,1-5H3,(H,61,70)/t34?,35-,36?,38?,40?,46-,50-,52-,58?/m0/s1. The summed E-state index contributed by atoms with van der Waals surface area (Å²) in [6.45, 7) is 16.3. The van der Waals surface area contributed by atoms with Crippen LogP contribution in [0.15, 0.2) is 35.8 Å². The summed E-state index contributed by atoms with van der Waals surface area (Å²) in [6.07, 6.45) is 11.3. The molecule has 1 aromatic carbocycles. The van der Waals surface area contributed by atoms with Crippen molar-refractivity contribution >= 4 is 45.7 Å². The number of fused-ring (bicyclic) bond motifs is 8. The molecule has 18 heteroatoms. The van der Waals surface area contributed by atoms with Gasteiger partial charge in [0, 0.05) is 111 Å². The number of hydrogen-bond donors (Lipinski definition) is 2. The largest absolute Gasteiger partial charge is 0.464 e. The molecule has 2 amide bonds. The quantitative estimate of drug-likeness (QED) is 0.142. The number of hydrazine groups is 1. The summed E-state index contributed by atoms with van der Waals surface area (Å²) in [5.41, 5.74) is 9.86. The lowest BCUT2D eigenvalue weighted by molar-refractivity contribution is -0.157. The van der Waals surface area contributed by atoms with Gasteiger partial charge in [0.1, 0.15) is 22.7 Å². The van der Waals surface area contributed by atoms with Crippen LogP contribution in [0.1, 0.15) is 120 Å². The number of rotatable bonds is 12. The summed E-state index contributed by atoms with van der Waals surface area (Å²) in [4.78, 5) is 62.8. The number of piperazine rings is 1. The molecule has 11 aliphatic rings. The summed E-state index contributed by atoms with van der Waals surface area (Å²) in [5.74, 6) is -0.0480. The van der Waals surface area contributed by atoms with Gasteiger partial charge in [-0.3, -0.25) is 34.2 Å². The molecule has 8 aliphatic heterocycles. The van der Waals surface area contributed by atoms with Crippen LogP contribution in [0.5, 0.6) is 0 Å². The normalized spacial score (nSPS) is 31.5. The van der Waals surface area contributed by atoms with Crippen LogP contribution >= 0.6 is 11.3 Å². The molecule has 11 heterocycles. The molecule has 3 saturated carbocycles. The predicted octanol–water partition coefficient (Wildman–Crippen LogP) is 6.82. The molecule has 15 rings (SSSR count). The third kappa shape index (κ3) is 9.47. The topological polar surface area (TPSA) is 165 Å². The summed E-state index contributed by atoms with van der Waals surface area (Å²) in [7, 11) is 1.75. The third-order valence-electron chi connectivity index (χ3n) is 18.8. The lowest BCUT2D eigenvalue weighted by Gasteiger charge is -2.42. The minimum Gasteiger partial charge on any atom is -0.464 e. The number of nitrogens with zero attached hydrogens (tertiary/aromatic N) is 7. The SMILES string of the molecule is CO[C@@H](C)c1ncc(N2CCN(C3CC3)CC2)cc1-c1c2c3cc(ccc3n1CCOC1CCOCC1)-c1csc(n1)[C@@H](N1CC3CC1C3)[C@H](NC(=O)C13CC(C1)C(C)O3)C(=O)N1CCC[C@H](N1)C(=O)OCC(C)(C)C2. The van der Waals surface area contributed by atoms with Gasteiger partial charge in [-0.25, -0.2) is 10.4 Å². The van der Waals surface area contributed by atoms with E-state index in [4.69, 9.17) is 33.7 Å². The Hall–Kier alpha value is -4.53. The number of anilines is 1. The van der Waals surface area contributed by atoms with Crippen LogP contribution in [0.25, 0.3) is 33.4 Å². The Balaban J connectivity index is 0.953. The number of hydrogen-bond acceptors (Lipinski definition) is 15. The zero-order valence-corrected chi connectivity index (χ0v) is 45.9. The van der Waals surface area contributed by atoms with Gasteiger partial charge in [-0.2, -0.15) is 0 Å². The van der Waals surface area contributed by atoms with Gasteiger partial charge in [0.05, 0.1) is 66.5 Å². The van der Waals surface area contributed by atoms with E-state index in [1.54, 1.807) is 23.5 Å². The molecule has 5 atom stereocenters. The highest BCUT2D eigenvalue weighted by Gasteiger charge is 2.62. The Morgan fingerprint density at radius 2 is 1.82 bits per heavy atom. The average molecular weight is 1060 g/mol. The van der Waals surface area contributed by atoms with Crippen LogP contribution in [-0.2, 0) is 51.0 Å². The molecule has 10 fully saturated rings. The van der Waals surface area contributed by atoms with Crippen LogP contribution < -0.4 is 15.6 Å². The molecule has 0 radical (unpaired) electrons. The van der Waals surface area contributed by atoms with Gasteiger partial charge in [-0.15, -0.1) is 11.3 Å². The molecule has 3 aliphatic carbocycles. The second kappa shape index (κ2) is 20.3. The summed E-state index contributed by atoms with van der Waals surface area (Å²) in [5, 5.41) is 8.89. The summed E-state index contributed by atoms with van der Waals surface area (Å²) < 4.78 is 33.7. The maximum atomic E-state index is 15.4. The molecule has 17 nitrogen and oxygen atoms in total. The van der Waals surface area contributed by atoms with Gasteiger partial charge >= 0.3 is 5.97 Å². The van der Waals surface area contributed by atoms with Crippen LogP contribution in [0.3, 0.4) is 0 Å². The molecule has 3 aromatic heterocycles. The van der Waals surface area contributed by atoms with Crippen molar-refractivity contribution in [1.29, 1.82) is 0 Å². The van der Waals surface area contributed by atoms with Gasteiger partial charge < -0.3 is 38.5 Å². The fourth-order valence-corrected chi connectivity index (χ4v) is 15.1. The monoisotopic (exact) mass is 1060 g/mol. The van der Waals surface area contributed by atoms with E-state index in [1.165, 1.54) is 12.8 Å². The van der Waals surface area contributed by atoms with Gasteiger partial charge in [0.2, 0.25) is 0 Å². The first-order valence-corrected chi connectivity index (χ1v) is 29.5. The Kier molecular flexibility index (Phi) is 13.6. The fourth-order valence-electron chi connectivity index (χ4n) is 14.1. The van der Waals surface area contributed by atoms with E-state index < -0.39 is 35.1 Å². The predicted molar refractivity (Wildman–Crippen MR) is 289 cm³/mol. The lowest BCUT2D eigenvalue weighted by atomic mass is 9.72. The van der Waals surface area contributed by atoms with Crippen LogP contribution in [-0.4, -0.2) is 162 Å². The number of ether oxygens (including phenoxy) is 5. The van der Waals surface area contributed by atoms with E-state index in [-0.39, 0.29) is 42.8 Å². The molecule has 7 saturated heterocycles. The molecule has 76 heavy (non-hydrogen) atoms. The maximum absolute atomic E-state index is 15.4. The Morgan fingerprint density at radius 3 is 2.54 bits per heavy atom. The van der Waals surface area contributed by atoms with Crippen molar-refractivity contribution in [3.8, 4) is 22.5 Å². The number of thiazole rings is 1. The minimum atomic E-state index is -0.983. The average Bonchev–Trinajstić information content (AvgIpc) is 3.95. The minimum absolute atomic E-state index is 0.0118. The van der Waals surface area contributed by atoms with E-state index in [1.807, 2.05) is 13.1 Å². The van der Waals surface area contributed by atoms with E-state index >= 15 is 4.79 Å². The zero-order chi connectivity index (χ0) is 52.0. The second-order valence-electron chi connectivity index (χ2n) is 24.6. The number of benzene rings is 1. The van der Waals surface area contributed by atoms with Gasteiger partial charge in [0.25, 0.3) is 11.8 Å². The number of carbonyl (C=O) groups excluding carboxylic acids is 3. The Bertz CT molecular complexity index is 2840. The van der Waals surface area contributed by atoms with Crippen LogP contribution in [0.4, 0.5) is 5.69 Å². The molecular formula is C58H77N9O8S. The first-order chi connectivity index (χ1) is 36.8. The van der Waals surface area contributed by atoms with Crippen molar-refractivity contribution in [2.24, 2.45) is 17.3 Å². The molecule has 10 bridgehead atoms. The van der Waals surface area contributed by atoms with E-state index in [0.29, 0.717) is 76.9 Å². The smallest absolute Gasteiger partial charge is 0.324 e. The highest BCUT2D eigenvalue weighted by molar-refractivity contribution is 7.10. The molecule has 408 valence electrons. The first-order valence-electron chi connectivity index (χ1n) is 28.6. The maximum Gasteiger partial charge on any atom is 0.324 e. The third-order valence-corrected chi connectivity index (χ3v) is 19.7. The Morgan fingerprint density at radius 1 is 1.01 bits per heavy atom. The van der Waals surface area contributed by atoms with Gasteiger partial charge in [0.15, 0.2) is 0 Å². The highest BCUT2D eigenvalue weighted by atomic mass is 32.1. The number of amides is 2. The number of cyclic esters (lactones) is 1. The van der Waals surface area contributed by atoms with E-state index in [9.17, 15) is 9.59 Å². The number of nitrogens with one attached hydrogen (secondary N) is 2. The molecule has 1 unspecified atom stereocenters. The first kappa shape index (κ1) is 50.9. The van der Waals surface area contributed by atoms with E-state index in [2.05, 4.69) is 80.4 Å². The van der Waals surface area contributed by atoms with Crippen molar-refractivity contribution in [3.05, 3.63) is 52.1 Å².